The maximum atomic E-state index is 12.2. The quantitative estimate of drug-likeness (QED) is 0.503. The summed E-state index contributed by atoms with van der Waals surface area (Å²) in [6, 6.07) is 4.22. The molecule has 1 fully saturated rings. The molecule has 0 bridgehead atoms. The van der Waals surface area contributed by atoms with E-state index in [1.807, 2.05) is 0 Å². The molecule has 5 N–H and O–H groups in total. The lowest BCUT2D eigenvalue weighted by molar-refractivity contribution is -0.121. The van der Waals surface area contributed by atoms with Crippen molar-refractivity contribution >= 4 is 17.5 Å². The van der Waals surface area contributed by atoms with E-state index in [1.165, 1.54) is 23.1 Å². The molecule has 96 valence electrons. The number of primary amides is 1. The third-order valence-electron chi connectivity index (χ3n) is 3.15. The van der Waals surface area contributed by atoms with Crippen molar-refractivity contribution in [2.24, 2.45) is 11.7 Å². The van der Waals surface area contributed by atoms with Crippen LogP contribution >= 0.6 is 0 Å². The van der Waals surface area contributed by atoms with Crippen LogP contribution in [0, 0.1) is 5.92 Å². The lowest BCUT2D eigenvalue weighted by Gasteiger charge is -2.17. The highest BCUT2D eigenvalue weighted by Crippen LogP contribution is 2.23. The van der Waals surface area contributed by atoms with Crippen molar-refractivity contribution in [3.63, 3.8) is 0 Å². The molecule has 0 radical (unpaired) electrons. The number of nitrogens with two attached hydrogens (primary N) is 2. The molecule has 1 aliphatic rings. The number of carbonyl (C=O) groups is 2. The molecule has 0 saturated carbocycles. The van der Waals surface area contributed by atoms with Crippen molar-refractivity contribution in [3.8, 4) is 5.75 Å². The van der Waals surface area contributed by atoms with Gasteiger partial charge in [0.15, 0.2) is 0 Å². The van der Waals surface area contributed by atoms with Crippen molar-refractivity contribution in [1.82, 2.24) is 4.90 Å². The molecule has 1 atom stereocenters. The Morgan fingerprint density at radius 3 is 2.72 bits per heavy atom. The number of hydrogen-bond acceptors (Lipinski definition) is 4. The molecular formula is C12H15N3O3. The number of phenols is 1. The summed E-state index contributed by atoms with van der Waals surface area (Å²) in [5.41, 5.74) is 11.5. The van der Waals surface area contributed by atoms with Gasteiger partial charge in [-0.1, -0.05) is 0 Å². The van der Waals surface area contributed by atoms with E-state index < -0.39 is 5.91 Å². The molecule has 1 aliphatic heterocycles. The zero-order chi connectivity index (χ0) is 13.3. The molecule has 0 aliphatic carbocycles. The van der Waals surface area contributed by atoms with Crippen LogP contribution in [-0.2, 0) is 4.79 Å². The predicted molar refractivity (Wildman–Crippen MR) is 65.7 cm³/mol. The molecule has 1 aromatic carbocycles. The largest absolute Gasteiger partial charge is 0.508 e. The molecule has 6 heteroatoms. The lowest BCUT2D eigenvalue weighted by Crippen LogP contribution is -2.32. The molecule has 1 heterocycles. The summed E-state index contributed by atoms with van der Waals surface area (Å²) in [5, 5.41) is 9.37. The van der Waals surface area contributed by atoms with Gasteiger partial charge in [0, 0.05) is 18.8 Å². The van der Waals surface area contributed by atoms with Crippen molar-refractivity contribution in [2.45, 2.75) is 6.42 Å². The number of aromatic hydroxyl groups is 1. The fraction of sp³-hybridized carbons (Fsp3) is 0.333. The number of nitrogen functional groups attached to an aromatic ring is 1. The van der Waals surface area contributed by atoms with Gasteiger partial charge in [-0.15, -0.1) is 0 Å². The normalized spacial score (nSPS) is 18.9. The van der Waals surface area contributed by atoms with Gasteiger partial charge in [0.25, 0.3) is 5.91 Å². The topological polar surface area (TPSA) is 110 Å². The smallest absolute Gasteiger partial charge is 0.256 e. The number of phenolic OH excluding ortho intramolecular Hbond substituents is 1. The Bertz CT molecular complexity index is 501. The molecule has 2 amide bonds. The molecule has 6 nitrogen and oxygen atoms in total. The van der Waals surface area contributed by atoms with E-state index in [9.17, 15) is 14.7 Å². The fourth-order valence-corrected chi connectivity index (χ4v) is 2.08. The second kappa shape index (κ2) is 4.56. The van der Waals surface area contributed by atoms with Crippen molar-refractivity contribution in [2.75, 3.05) is 18.8 Å². The van der Waals surface area contributed by atoms with Gasteiger partial charge in [0.05, 0.1) is 11.5 Å². The Hall–Kier alpha value is -2.24. The average molecular weight is 249 g/mol. The minimum absolute atomic E-state index is 0.0156. The van der Waals surface area contributed by atoms with Gasteiger partial charge in [-0.25, -0.2) is 0 Å². The van der Waals surface area contributed by atoms with Crippen LogP contribution in [0.4, 0.5) is 5.69 Å². The molecule has 1 saturated heterocycles. The van der Waals surface area contributed by atoms with Crippen LogP contribution in [-0.4, -0.2) is 34.9 Å². The number of likely N-dealkylation sites (tertiary alicyclic amines) is 1. The second-order valence-corrected chi connectivity index (χ2v) is 4.41. The third kappa shape index (κ3) is 2.22. The van der Waals surface area contributed by atoms with E-state index in [0.29, 0.717) is 25.2 Å². The van der Waals surface area contributed by atoms with Gasteiger partial charge in [-0.2, -0.15) is 0 Å². The first-order valence-corrected chi connectivity index (χ1v) is 5.66. The highest BCUT2D eigenvalue weighted by molar-refractivity contribution is 6.00. The summed E-state index contributed by atoms with van der Waals surface area (Å²) in [4.78, 5) is 24.7. The zero-order valence-corrected chi connectivity index (χ0v) is 9.80. The van der Waals surface area contributed by atoms with E-state index in [-0.39, 0.29) is 23.1 Å². The number of hydrogen-bond donors (Lipinski definition) is 3. The van der Waals surface area contributed by atoms with Crippen LogP contribution in [0.1, 0.15) is 16.8 Å². The maximum Gasteiger partial charge on any atom is 0.256 e. The summed E-state index contributed by atoms with van der Waals surface area (Å²) < 4.78 is 0. The third-order valence-corrected chi connectivity index (χ3v) is 3.15. The SMILES string of the molecule is NC(=O)C1CCN(C(=O)c2cc(O)ccc2N)C1. The monoisotopic (exact) mass is 249 g/mol. The summed E-state index contributed by atoms with van der Waals surface area (Å²) in [7, 11) is 0. The highest BCUT2D eigenvalue weighted by atomic mass is 16.3. The van der Waals surface area contributed by atoms with Gasteiger partial charge in [-0.05, 0) is 24.6 Å². The average Bonchev–Trinajstić information content (AvgIpc) is 2.81. The second-order valence-electron chi connectivity index (χ2n) is 4.41. The van der Waals surface area contributed by atoms with E-state index in [0.717, 1.165) is 0 Å². The van der Waals surface area contributed by atoms with Gasteiger partial charge in [0.1, 0.15) is 5.75 Å². The summed E-state index contributed by atoms with van der Waals surface area (Å²) in [6.07, 6.45) is 0.569. The minimum atomic E-state index is -0.394. The highest BCUT2D eigenvalue weighted by Gasteiger charge is 2.30. The Labute approximate surface area is 104 Å². The summed E-state index contributed by atoms with van der Waals surface area (Å²) >= 11 is 0. The van der Waals surface area contributed by atoms with E-state index in [4.69, 9.17) is 11.5 Å². The van der Waals surface area contributed by atoms with Crippen LogP contribution in [0.25, 0.3) is 0 Å². The number of nitrogens with zero attached hydrogens (tertiary/aromatic N) is 1. The van der Waals surface area contributed by atoms with Crippen LogP contribution < -0.4 is 11.5 Å². The first-order chi connectivity index (χ1) is 8.49. The molecule has 0 aromatic heterocycles. The lowest BCUT2D eigenvalue weighted by atomic mass is 10.1. The van der Waals surface area contributed by atoms with Gasteiger partial charge < -0.3 is 21.5 Å². The number of benzene rings is 1. The first-order valence-electron chi connectivity index (χ1n) is 5.66. The molecule has 0 spiro atoms. The van der Waals surface area contributed by atoms with Crippen LogP contribution in [0.2, 0.25) is 0 Å². The Morgan fingerprint density at radius 2 is 2.11 bits per heavy atom. The molecule has 1 aromatic rings. The van der Waals surface area contributed by atoms with Crippen molar-refractivity contribution in [3.05, 3.63) is 23.8 Å². The van der Waals surface area contributed by atoms with E-state index in [2.05, 4.69) is 0 Å². The number of amides is 2. The molecule has 18 heavy (non-hydrogen) atoms. The van der Waals surface area contributed by atoms with E-state index in [1.54, 1.807) is 0 Å². The summed E-state index contributed by atoms with van der Waals surface area (Å²) in [5.74, 6) is -0.994. The Morgan fingerprint density at radius 1 is 1.39 bits per heavy atom. The zero-order valence-electron chi connectivity index (χ0n) is 9.80. The molecular weight excluding hydrogens is 234 g/mol. The van der Waals surface area contributed by atoms with Gasteiger partial charge in [0.2, 0.25) is 5.91 Å². The van der Waals surface area contributed by atoms with Gasteiger partial charge >= 0.3 is 0 Å². The molecule has 2 rings (SSSR count). The fourth-order valence-electron chi connectivity index (χ4n) is 2.08. The molecule has 1 unspecified atom stereocenters. The van der Waals surface area contributed by atoms with Crippen LogP contribution in [0.3, 0.4) is 0 Å². The van der Waals surface area contributed by atoms with Crippen molar-refractivity contribution in [1.29, 1.82) is 0 Å². The summed E-state index contributed by atoms with van der Waals surface area (Å²) in [6.45, 7) is 0.783. The van der Waals surface area contributed by atoms with E-state index >= 15 is 0 Å². The Kier molecular flexibility index (Phi) is 3.10. The minimum Gasteiger partial charge on any atom is -0.508 e. The van der Waals surface area contributed by atoms with Crippen LogP contribution in [0.15, 0.2) is 18.2 Å². The number of rotatable bonds is 2. The maximum absolute atomic E-state index is 12.2. The predicted octanol–water partition coefficient (Wildman–Crippen LogP) is -0.0782. The Balaban J connectivity index is 2.17. The number of anilines is 1. The standard InChI is InChI=1S/C12H15N3O3/c13-10-2-1-8(16)5-9(10)12(18)15-4-3-7(6-15)11(14)17/h1-2,5,7,16H,3-4,6,13H2,(H2,14,17). The van der Waals surface area contributed by atoms with Crippen LogP contribution in [0.5, 0.6) is 5.75 Å². The van der Waals surface area contributed by atoms with Crippen molar-refractivity contribution < 1.29 is 14.7 Å². The first kappa shape index (κ1) is 12.2. The number of carbonyl (C=O) groups excluding carboxylic acids is 2. The van der Waals surface area contributed by atoms with Gasteiger partial charge in [-0.3, -0.25) is 9.59 Å².